The van der Waals surface area contributed by atoms with Crippen LogP contribution in [-0.4, -0.2) is 16.2 Å². The molecule has 0 aliphatic rings. The van der Waals surface area contributed by atoms with Crippen LogP contribution in [0.5, 0.6) is 5.75 Å². The number of carboxylic acids is 1. The van der Waals surface area contributed by atoms with Gasteiger partial charge in [0.2, 0.25) is 0 Å². The molecule has 0 aliphatic carbocycles. The molecular formula is C11H7ClO3S. The largest absolute Gasteiger partial charge is 0.506 e. The van der Waals surface area contributed by atoms with Crippen molar-refractivity contribution in [2.75, 3.05) is 0 Å². The van der Waals surface area contributed by atoms with Crippen LogP contribution in [0, 0.1) is 0 Å². The number of hydrogen-bond donors (Lipinski definition) is 2. The minimum Gasteiger partial charge on any atom is -0.506 e. The topological polar surface area (TPSA) is 57.5 Å². The van der Waals surface area contributed by atoms with Gasteiger partial charge in [0, 0.05) is 0 Å². The van der Waals surface area contributed by atoms with Crippen molar-refractivity contribution in [1.82, 2.24) is 0 Å². The van der Waals surface area contributed by atoms with Gasteiger partial charge < -0.3 is 10.2 Å². The normalized spacial score (nSPS) is 10.3. The number of aromatic carboxylic acids is 1. The Balaban J connectivity index is 2.42. The van der Waals surface area contributed by atoms with Gasteiger partial charge in [0.25, 0.3) is 0 Å². The molecule has 0 unspecified atom stereocenters. The van der Waals surface area contributed by atoms with Crippen LogP contribution < -0.4 is 0 Å². The summed E-state index contributed by atoms with van der Waals surface area (Å²) in [5, 5.41) is 20.0. The lowest BCUT2D eigenvalue weighted by atomic mass is 10.1. The van der Waals surface area contributed by atoms with Crippen molar-refractivity contribution in [1.29, 1.82) is 0 Å². The molecule has 0 bridgehead atoms. The van der Waals surface area contributed by atoms with E-state index in [0.717, 1.165) is 22.5 Å². The van der Waals surface area contributed by atoms with Crippen LogP contribution >= 0.6 is 22.9 Å². The highest BCUT2D eigenvalue weighted by Crippen LogP contribution is 2.31. The van der Waals surface area contributed by atoms with Crippen molar-refractivity contribution in [2.24, 2.45) is 0 Å². The van der Waals surface area contributed by atoms with Crippen molar-refractivity contribution in [3.63, 3.8) is 0 Å². The van der Waals surface area contributed by atoms with Crippen molar-refractivity contribution < 1.29 is 15.0 Å². The summed E-state index contributed by atoms with van der Waals surface area (Å²) in [5.41, 5.74) is 1.57. The lowest BCUT2D eigenvalue weighted by Crippen LogP contribution is -1.89. The van der Waals surface area contributed by atoms with Crippen molar-refractivity contribution >= 4 is 28.9 Å². The van der Waals surface area contributed by atoms with E-state index in [4.69, 9.17) is 16.7 Å². The lowest BCUT2D eigenvalue weighted by molar-refractivity contribution is 0.0702. The van der Waals surface area contributed by atoms with Crippen LogP contribution in [0.3, 0.4) is 0 Å². The van der Waals surface area contributed by atoms with Gasteiger partial charge >= 0.3 is 5.97 Å². The first-order chi connectivity index (χ1) is 7.58. The predicted octanol–water partition coefficient (Wildman–Crippen LogP) is 3.47. The number of thiophene rings is 1. The van der Waals surface area contributed by atoms with E-state index in [1.54, 1.807) is 23.6 Å². The third-order valence-corrected chi connectivity index (χ3v) is 3.31. The van der Waals surface area contributed by atoms with Crippen LogP contribution in [0.1, 0.15) is 9.67 Å². The molecule has 5 heteroatoms. The van der Waals surface area contributed by atoms with Crippen LogP contribution in [-0.2, 0) is 0 Å². The van der Waals surface area contributed by atoms with E-state index < -0.39 is 5.97 Å². The van der Waals surface area contributed by atoms with E-state index in [0.29, 0.717) is 0 Å². The Hall–Kier alpha value is -1.52. The minimum atomic E-state index is -0.943. The molecule has 2 rings (SSSR count). The van der Waals surface area contributed by atoms with E-state index in [1.807, 2.05) is 0 Å². The molecule has 2 N–H and O–H groups in total. The number of carbonyl (C=O) groups is 1. The van der Waals surface area contributed by atoms with Crippen molar-refractivity contribution in [3.05, 3.63) is 39.5 Å². The molecular weight excluding hydrogens is 248 g/mol. The van der Waals surface area contributed by atoms with Gasteiger partial charge in [0.1, 0.15) is 10.6 Å². The minimum absolute atomic E-state index is 0.0131. The second-order valence-corrected chi connectivity index (χ2v) is 4.49. The third-order valence-electron chi connectivity index (χ3n) is 2.09. The quantitative estimate of drug-likeness (QED) is 0.863. The van der Waals surface area contributed by atoms with Gasteiger partial charge in [-0.2, -0.15) is 0 Å². The highest BCUT2D eigenvalue weighted by molar-refractivity contribution is 7.12. The molecule has 0 atom stereocenters. The highest BCUT2D eigenvalue weighted by Gasteiger charge is 2.09. The maximum absolute atomic E-state index is 10.7. The molecule has 82 valence electrons. The van der Waals surface area contributed by atoms with Gasteiger partial charge in [-0.1, -0.05) is 17.7 Å². The van der Waals surface area contributed by atoms with Gasteiger partial charge in [-0.25, -0.2) is 4.79 Å². The summed E-state index contributed by atoms with van der Waals surface area (Å²) >= 11 is 6.93. The molecule has 0 spiro atoms. The zero-order valence-electron chi connectivity index (χ0n) is 7.98. The van der Waals surface area contributed by atoms with Gasteiger partial charge in [-0.15, -0.1) is 11.3 Å². The maximum atomic E-state index is 10.7. The summed E-state index contributed by atoms with van der Waals surface area (Å²) in [6.07, 6.45) is 0. The standard InChI is InChI=1S/C11H7ClO3S/c12-8-3-6(1-2-9(8)13)7-4-10(11(14)15)16-5-7/h1-5,13H,(H,14,15). The summed E-state index contributed by atoms with van der Waals surface area (Å²) in [6.45, 7) is 0. The van der Waals surface area contributed by atoms with E-state index in [2.05, 4.69) is 0 Å². The van der Waals surface area contributed by atoms with Gasteiger partial charge in [0.15, 0.2) is 0 Å². The number of hydrogen-bond acceptors (Lipinski definition) is 3. The summed E-state index contributed by atoms with van der Waals surface area (Å²) in [5.74, 6) is -0.930. The van der Waals surface area contributed by atoms with E-state index in [1.165, 1.54) is 6.07 Å². The molecule has 0 fully saturated rings. The summed E-state index contributed by atoms with van der Waals surface area (Å²) in [7, 11) is 0. The Bertz CT molecular complexity index is 548. The van der Waals surface area contributed by atoms with Crippen molar-refractivity contribution in [3.8, 4) is 16.9 Å². The average molecular weight is 255 g/mol. The van der Waals surface area contributed by atoms with E-state index in [9.17, 15) is 9.90 Å². The molecule has 1 aromatic carbocycles. The summed E-state index contributed by atoms with van der Waals surface area (Å²) < 4.78 is 0. The predicted molar refractivity (Wildman–Crippen MR) is 63.4 cm³/mol. The molecule has 2 aromatic rings. The smallest absolute Gasteiger partial charge is 0.345 e. The Kier molecular flexibility index (Phi) is 2.85. The summed E-state index contributed by atoms with van der Waals surface area (Å²) in [6, 6.07) is 6.35. The number of carboxylic acid groups (broad SMARTS) is 1. The van der Waals surface area contributed by atoms with Gasteiger partial charge in [0.05, 0.1) is 5.02 Å². The fraction of sp³-hybridized carbons (Fsp3) is 0. The first-order valence-electron chi connectivity index (χ1n) is 4.38. The van der Waals surface area contributed by atoms with Crippen LogP contribution in [0.15, 0.2) is 29.6 Å². The molecule has 3 nitrogen and oxygen atoms in total. The Morgan fingerprint density at radius 1 is 1.25 bits per heavy atom. The van der Waals surface area contributed by atoms with Crippen LogP contribution in [0.4, 0.5) is 0 Å². The second kappa shape index (κ2) is 4.15. The molecule has 0 saturated carbocycles. The Labute approximate surface area is 101 Å². The van der Waals surface area contributed by atoms with Gasteiger partial charge in [-0.05, 0) is 34.7 Å². The molecule has 0 radical (unpaired) electrons. The molecule has 1 heterocycles. The molecule has 0 aliphatic heterocycles. The molecule has 16 heavy (non-hydrogen) atoms. The fourth-order valence-electron chi connectivity index (χ4n) is 1.29. The van der Waals surface area contributed by atoms with Crippen molar-refractivity contribution in [2.45, 2.75) is 0 Å². The van der Waals surface area contributed by atoms with E-state index >= 15 is 0 Å². The highest BCUT2D eigenvalue weighted by atomic mass is 35.5. The molecule has 0 saturated heterocycles. The monoisotopic (exact) mass is 254 g/mol. The average Bonchev–Trinajstić information content (AvgIpc) is 2.71. The fourth-order valence-corrected chi connectivity index (χ4v) is 2.22. The Morgan fingerprint density at radius 3 is 2.56 bits per heavy atom. The first kappa shape index (κ1) is 11.0. The number of aromatic hydroxyl groups is 1. The second-order valence-electron chi connectivity index (χ2n) is 3.17. The first-order valence-corrected chi connectivity index (χ1v) is 5.64. The number of phenols is 1. The number of rotatable bonds is 2. The summed E-state index contributed by atoms with van der Waals surface area (Å²) in [4.78, 5) is 11.0. The number of phenolic OH excluding ortho intramolecular Hbond substituents is 1. The van der Waals surface area contributed by atoms with E-state index in [-0.39, 0.29) is 15.6 Å². The molecule has 1 aromatic heterocycles. The van der Waals surface area contributed by atoms with Crippen LogP contribution in [0.2, 0.25) is 5.02 Å². The molecule has 0 amide bonds. The maximum Gasteiger partial charge on any atom is 0.345 e. The third kappa shape index (κ3) is 2.03. The zero-order chi connectivity index (χ0) is 11.7. The lowest BCUT2D eigenvalue weighted by Gasteiger charge is -2.00. The zero-order valence-corrected chi connectivity index (χ0v) is 9.55. The van der Waals surface area contributed by atoms with Crippen LogP contribution in [0.25, 0.3) is 11.1 Å². The number of benzene rings is 1. The SMILES string of the molecule is O=C(O)c1cc(-c2ccc(O)c(Cl)c2)cs1. The van der Waals surface area contributed by atoms with Gasteiger partial charge in [-0.3, -0.25) is 0 Å². The Morgan fingerprint density at radius 2 is 2.00 bits per heavy atom. The number of halogens is 1.